The maximum atomic E-state index is 12.6. The van der Waals surface area contributed by atoms with Crippen molar-refractivity contribution in [2.45, 2.75) is 20.3 Å². The van der Waals surface area contributed by atoms with Crippen LogP contribution in [-0.2, 0) is 4.74 Å². The van der Waals surface area contributed by atoms with E-state index in [1.165, 1.54) is 6.92 Å². The van der Waals surface area contributed by atoms with Gasteiger partial charge in [0, 0.05) is 5.56 Å². The Bertz CT molecular complexity index is 410. The van der Waals surface area contributed by atoms with Crippen LogP contribution in [0.1, 0.15) is 35.0 Å². The van der Waals surface area contributed by atoms with Crippen molar-refractivity contribution in [1.82, 2.24) is 4.98 Å². The van der Waals surface area contributed by atoms with E-state index in [4.69, 9.17) is 16.3 Å². The average Bonchev–Trinajstić information content (AvgIpc) is 2.20. The van der Waals surface area contributed by atoms with Crippen molar-refractivity contribution in [3.05, 3.63) is 28.0 Å². The van der Waals surface area contributed by atoms with Gasteiger partial charge < -0.3 is 4.74 Å². The summed E-state index contributed by atoms with van der Waals surface area (Å²) in [6, 6.07) is 1.05. The van der Waals surface area contributed by atoms with E-state index < -0.39 is 12.4 Å². The molecule has 3 nitrogen and oxygen atoms in total. The van der Waals surface area contributed by atoms with Crippen molar-refractivity contribution < 1.29 is 18.3 Å². The number of pyridine rings is 1. The molecule has 0 N–H and O–H groups in total. The summed E-state index contributed by atoms with van der Waals surface area (Å²) < 4.78 is 29.9. The monoisotopic (exact) mass is 249 g/mol. The van der Waals surface area contributed by atoms with Gasteiger partial charge in [-0.1, -0.05) is 11.6 Å². The van der Waals surface area contributed by atoms with Crippen LogP contribution in [0, 0.1) is 6.92 Å². The van der Waals surface area contributed by atoms with Gasteiger partial charge in [-0.3, -0.25) is 0 Å². The summed E-state index contributed by atoms with van der Waals surface area (Å²) in [7, 11) is 0. The SMILES string of the molecule is CCOC(=O)c1nc(Cl)cc(C(F)F)c1C. The molecule has 0 fully saturated rings. The van der Waals surface area contributed by atoms with Gasteiger partial charge in [-0.05, 0) is 25.5 Å². The van der Waals surface area contributed by atoms with Crippen LogP contribution in [0.3, 0.4) is 0 Å². The molecule has 0 bridgehead atoms. The Hall–Kier alpha value is -1.23. The van der Waals surface area contributed by atoms with Gasteiger partial charge in [-0.15, -0.1) is 0 Å². The van der Waals surface area contributed by atoms with E-state index in [0.717, 1.165) is 6.07 Å². The minimum atomic E-state index is -2.70. The Labute approximate surface area is 96.4 Å². The van der Waals surface area contributed by atoms with E-state index in [0.29, 0.717) is 0 Å². The molecule has 16 heavy (non-hydrogen) atoms. The number of esters is 1. The summed E-state index contributed by atoms with van der Waals surface area (Å²) in [5, 5.41) is -0.149. The quantitative estimate of drug-likeness (QED) is 0.610. The number of nitrogens with zero attached hydrogens (tertiary/aromatic N) is 1. The number of aromatic nitrogens is 1. The molecule has 0 aliphatic heterocycles. The molecule has 0 aromatic carbocycles. The van der Waals surface area contributed by atoms with Crippen LogP contribution in [-0.4, -0.2) is 17.6 Å². The summed E-state index contributed by atoms with van der Waals surface area (Å²) in [5.41, 5.74) is -0.370. The van der Waals surface area contributed by atoms with Gasteiger partial charge in [0.05, 0.1) is 6.61 Å². The highest BCUT2D eigenvalue weighted by atomic mass is 35.5. The standard InChI is InChI=1S/C10H10ClF2NO2/c1-3-16-10(15)8-5(2)6(9(12)13)4-7(11)14-8/h4,9H,3H2,1-2H3. The third kappa shape index (κ3) is 2.66. The first-order chi connectivity index (χ1) is 7.47. The highest BCUT2D eigenvalue weighted by Gasteiger charge is 2.20. The second-order valence-electron chi connectivity index (χ2n) is 3.03. The largest absolute Gasteiger partial charge is 0.461 e. The molecule has 1 rings (SSSR count). The van der Waals surface area contributed by atoms with Gasteiger partial charge >= 0.3 is 5.97 Å². The maximum Gasteiger partial charge on any atom is 0.357 e. The molecular formula is C10H10ClF2NO2. The van der Waals surface area contributed by atoms with E-state index in [1.54, 1.807) is 6.92 Å². The number of halogens is 3. The van der Waals surface area contributed by atoms with Gasteiger partial charge in [0.15, 0.2) is 5.69 Å². The van der Waals surface area contributed by atoms with E-state index in [-0.39, 0.29) is 28.6 Å². The lowest BCUT2D eigenvalue weighted by Crippen LogP contribution is -2.11. The molecule has 88 valence electrons. The summed E-state index contributed by atoms with van der Waals surface area (Å²) in [6.07, 6.45) is -2.70. The number of hydrogen-bond acceptors (Lipinski definition) is 3. The average molecular weight is 250 g/mol. The topological polar surface area (TPSA) is 39.2 Å². The van der Waals surface area contributed by atoms with Crippen molar-refractivity contribution in [2.24, 2.45) is 0 Å². The van der Waals surface area contributed by atoms with Crippen LogP contribution in [0.2, 0.25) is 5.15 Å². The summed E-state index contributed by atoms with van der Waals surface area (Å²) in [4.78, 5) is 15.1. The van der Waals surface area contributed by atoms with Gasteiger partial charge in [0.2, 0.25) is 0 Å². The van der Waals surface area contributed by atoms with Gasteiger partial charge in [0.25, 0.3) is 6.43 Å². The van der Waals surface area contributed by atoms with Gasteiger partial charge in [-0.2, -0.15) is 0 Å². The van der Waals surface area contributed by atoms with E-state index in [9.17, 15) is 13.6 Å². The second-order valence-corrected chi connectivity index (χ2v) is 3.42. The predicted octanol–water partition coefficient (Wildman–Crippen LogP) is 3.16. The molecule has 0 radical (unpaired) electrons. The fourth-order valence-electron chi connectivity index (χ4n) is 1.22. The van der Waals surface area contributed by atoms with Gasteiger partial charge in [0.1, 0.15) is 5.15 Å². The first-order valence-electron chi connectivity index (χ1n) is 4.59. The Morgan fingerprint density at radius 2 is 2.25 bits per heavy atom. The Kier molecular flexibility index (Phi) is 4.18. The fraction of sp³-hybridized carbons (Fsp3) is 0.400. The summed E-state index contributed by atoms with van der Waals surface area (Å²) >= 11 is 5.56. The molecule has 0 unspecified atom stereocenters. The van der Waals surface area contributed by atoms with Crippen LogP contribution in [0.15, 0.2) is 6.07 Å². The number of hydrogen-bond donors (Lipinski definition) is 0. The third-order valence-electron chi connectivity index (χ3n) is 1.99. The molecule has 0 aliphatic rings. The van der Waals surface area contributed by atoms with Crippen molar-refractivity contribution in [2.75, 3.05) is 6.61 Å². The van der Waals surface area contributed by atoms with E-state index in [1.807, 2.05) is 0 Å². The molecule has 6 heteroatoms. The lowest BCUT2D eigenvalue weighted by atomic mass is 10.1. The Balaban J connectivity index is 3.24. The highest BCUT2D eigenvalue weighted by molar-refractivity contribution is 6.29. The van der Waals surface area contributed by atoms with Crippen molar-refractivity contribution in [3.63, 3.8) is 0 Å². The maximum absolute atomic E-state index is 12.6. The zero-order chi connectivity index (χ0) is 12.3. The number of carbonyl (C=O) groups is 1. The lowest BCUT2D eigenvalue weighted by Gasteiger charge is -2.09. The van der Waals surface area contributed by atoms with Crippen molar-refractivity contribution >= 4 is 17.6 Å². The molecule has 0 saturated carbocycles. The smallest absolute Gasteiger partial charge is 0.357 e. The Morgan fingerprint density at radius 3 is 2.75 bits per heavy atom. The second kappa shape index (κ2) is 5.21. The third-order valence-corrected chi connectivity index (χ3v) is 2.18. The predicted molar refractivity (Wildman–Crippen MR) is 54.9 cm³/mol. The molecule has 0 atom stereocenters. The molecule has 0 amide bonds. The van der Waals surface area contributed by atoms with Crippen LogP contribution < -0.4 is 0 Å². The molecular weight excluding hydrogens is 240 g/mol. The van der Waals surface area contributed by atoms with Crippen molar-refractivity contribution in [1.29, 1.82) is 0 Å². The lowest BCUT2D eigenvalue weighted by molar-refractivity contribution is 0.0518. The van der Waals surface area contributed by atoms with Crippen molar-refractivity contribution in [3.8, 4) is 0 Å². The van der Waals surface area contributed by atoms with Crippen LogP contribution in [0.4, 0.5) is 8.78 Å². The molecule has 0 saturated heterocycles. The van der Waals surface area contributed by atoms with Crippen LogP contribution in [0.25, 0.3) is 0 Å². The highest BCUT2D eigenvalue weighted by Crippen LogP contribution is 2.26. The van der Waals surface area contributed by atoms with E-state index >= 15 is 0 Å². The minimum Gasteiger partial charge on any atom is -0.461 e. The zero-order valence-electron chi connectivity index (χ0n) is 8.76. The van der Waals surface area contributed by atoms with Gasteiger partial charge in [-0.25, -0.2) is 18.6 Å². The first kappa shape index (κ1) is 12.8. The summed E-state index contributed by atoms with van der Waals surface area (Å²) in [6.45, 7) is 3.15. The number of carbonyl (C=O) groups excluding carboxylic acids is 1. The summed E-state index contributed by atoms with van der Waals surface area (Å²) in [5.74, 6) is -0.746. The molecule has 1 aromatic rings. The fourth-order valence-corrected chi connectivity index (χ4v) is 1.42. The molecule has 0 spiro atoms. The molecule has 0 aliphatic carbocycles. The van der Waals surface area contributed by atoms with E-state index in [2.05, 4.69) is 4.98 Å². The zero-order valence-corrected chi connectivity index (χ0v) is 9.52. The number of ether oxygens (including phenoxy) is 1. The van der Waals surface area contributed by atoms with Crippen LogP contribution in [0.5, 0.6) is 0 Å². The minimum absolute atomic E-state index is 0.0952. The van der Waals surface area contributed by atoms with Crippen LogP contribution >= 0.6 is 11.6 Å². The molecule has 1 heterocycles. The first-order valence-corrected chi connectivity index (χ1v) is 4.97. The number of alkyl halides is 2. The molecule has 1 aromatic heterocycles. The normalized spacial score (nSPS) is 10.6. The Morgan fingerprint density at radius 1 is 1.62 bits per heavy atom. The number of rotatable bonds is 3.